The van der Waals surface area contributed by atoms with Crippen LogP contribution in [-0.2, 0) is 10.9 Å². The molecular formula is C13H20F3IN4O2. The first-order chi connectivity index (χ1) is 10.3. The average molecular weight is 448 g/mol. The van der Waals surface area contributed by atoms with Crippen LogP contribution in [0, 0.1) is 0 Å². The Bertz CT molecular complexity index is 483. The number of rotatable bonds is 7. The number of alkyl halides is 3. The second-order valence-electron chi connectivity index (χ2n) is 4.50. The molecule has 0 fully saturated rings. The Kier molecular flexibility index (Phi) is 9.88. The summed E-state index contributed by atoms with van der Waals surface area (Å²) in [5.41, 5.74) is 4.82. The van der Waals surface area contributed by atoms with Crippen LogP contribution in [0.25, 0.3) is 0 Å². The summed E-state index contributed by atoms with van der Waals surface area (Å²) in [5, 5.41) is 2.91. The van der Waals surface area contributed by atoms with Crippen molar-refractivity contribution in [3.8, 4) is 5.88 Å². The first-order valence-corrected chi connectivity index (χ1v) is 6.54. The normalized spacial score (nSPS) is 13.2. The molecule has 0 aliphatic rings. The van der Waals surface area contributed by atoms with Gasteiger partial charge in [-0.1, -0.05) is 0 Å². The molecule has 0 radical (unpaired) electrons. The molecule has 0 amide bonds. The minimum absolute atomic E-state index is 0. The van der Waals surface area contributed by atoms with Crippen molar-refractivity contribution in [3.63, 3.8) is 0 Å². The number of guanidine groups is 1. The number of hydrogen-bond acceptors (Lipinski definition) is 4. The smallest absolute Gasteiger partial charge is 0.417 e. The Balaban J connectivity index is 0.00000484. The van der Waals surface area contributed by atoms with E-state index >= 15 is 0 Å². The summed E-state index contributed by atoms with van der Waals surface area (Å²) >= 11 is 0. The molecule has 1 rings (SSSR count). The maximum atomic E-state index is 12.3. The quantitative estimate of drug-likeness (QED) is 0.289. The zero-order valence-electron chi connectivity index (χ0n) is 12.8. The van der Waals surface area contributed by atoms with Gasteiger partial charge in [0.15, 0.2) is 5.96 Å². The number of hydrogen-bond donors (Lipinski definition) is 2. The Labute approximate surface area is 149 Å². The summed E-state index contributed by atoms with van der Waals surface area (Å²) in [6.07, 6.45) is -3.68. The van der Waals surface area contributed by atoms with Gasteiger partial charge in [-0.3, -0.25) is 0 Å². The number of nitrogens with one attached hydrogen (secondary N) is 1. The van der Waals surface area contributed by atoms with Crippen LogP contribution in [0.5, 0.6) is 5.88 Å². The van der Waals surface area contributed by atoms with Gasteiger partial charge in [0, 0.05) is 25.4 Å². The van der Waals surface area contributed by atoms with E-state index in [1.807, 2.05) is 6.92 Å². The van der Waals surface area contributed by atoms with Gasteiger partial charge < -0.3 is 20.5 Å². The molecule has 10 heteroatoms. The molecule has 3 N–H and O–H groups in total. The van der Waals surface area contributed by atoms with Crippen LogP contribution in [0.2, 0.25) is 0 Å². The molecular weight excluding hydrogens is 428 g/mol. The standard InChI is InChI=1S/C13H19F3N4O2.HI/c1-9(8-21-2)20-12(17)18-5-6-22-11-4-3-10(7-19-11)13(14,15)16;/h3-4,7,9H,5-6,8H2,1-2H3,(H3,17,18,20);1H. The summed E-state index contributed by atoms with van der Waals surface area (Å²) in [6.45, 7) is 2.78. The van der Waals surface area contributed by atoms with Crippen molar-refractivity contribution < 1.29 is 22.6 Å². The lowest BCUT2D eigenvalue weighted by atomic mass is 10.3. The van der Waals surface area contributed by atoms with Crippen LogP contribution in [0.1, 0.15) is 12.5 Å². The molecule has 1 aromatic rings. The number of aliphatic imine (C=N–C) groups is 1. The third-order valence-electron chi connectivity index (χ3n) is 2.50. The fraction of sp³-hybridized carbons (Fsp3) is 0.538. The van der Waals surface area contributed by atoms with Gasteiger partial charge in [-0.05, 0) is 13.0 Å². The van der Waals surface area contributed by atoms with E-state index in [4.69, 9.17) is 15.2 Å². The number of aromatic nitrogens is 1. The zero-order valence-corrected chi connectivity index (χ0v) is 15.1. The van der Waals surface area contributed by atoms with Gasteiger partial charge in [-0.25, -0.2) is 9.98 Å². The van der Waals surface area contributed by atoms with Gasteiger partial charge in [-0.15, -0.1) is 24.0 Å². The van der Waals surface area contributed by atoms with Crippen LogP contribution in [0.3, 0.4) is 0 Å². The zero-order chi connectivity index (χ0) is 16.6. The molecule has 6 nitrogen and oxygen atoms in total. The van der Waals surface area contributed by atoms with Crippen LogP contribution in [0.15, 0.2) is 23.3 Å². The van der Waals surface area contributed by atoms with Gasteiger partial charge in [0.05, 0.1) is 18.7 Å². The fourth-order valence-electron chi connectivity index (χ4n) is 1.54. The van der Waals surface area contributed by atoms with Crippen molar-refractivity contribution in [2.45, 2.75) is 19.1 Å². The summed E-state index contributed by atoms with van der Waals surface area (Å²) < 4.78 is 47.2. The summed E-state index contributed by atoms with van der Waals surface area (Å²) in [7, 11) is 1.58. The van der Waals surface area contributed by atoms with Crippen LogP contribution < -0.4 is 15.8 Å². The van der Waals surface area contributed by atoms with Crippen LogP contribution in [0.4, 0.5) is 13.2 Å². The Hall–Kier alpha value is -1.30. The van der Waals surface area contributed by atoms with E-state index in [2.05, 4.69) is 15.3 Å². The summed E-state index contributed by atoms with van der Waals surface area (Å²) in [5.74, 6) is 0.344. The Morgan fingerprint density at radius 3 is 2.65 bits per heavy atom. The highest BCUT2D eigenvalue weighted by atomic mass is 127. The van der Waals surface area contributed by atoms with E-state index in [-0.39, 0.29) is 55.0 Å². The third kappa shape index (κ3) is 8.79. The summed E-state index contributed by atoms with van der Waals surface area (Å²) in [6, 6.07) is 2.09. The number of pyridine rings is 1. The lowest BCUT2D eigenvalue weighted by Crippen LogP contribution is -2.40. The minimum Gasteiger partial charge on any atom is -0.476 e. The molecule has 132 valence electrons. The minimum atomic E-state index is -4.41. The highest BCUT2D eigenvalue weighted by molar-refractivity contribution is 14.0. The van der Waals surface area contributed by atoms with Crippen molar-refractivity contribution in [1.29, 1.82) is 0 Å². The molecule has 0 spiro atoms. The number of nitrogens with zero attached hydrogens (tertiary/aromatic N) is 2. The van der Waals surface area contributed by atoms with Crippen molar-refractivity contribution in [2.75, 3.05) is 26.9 Å². The highest BCUT2D eigenvalue weighted by Gasteiger charge is 2.30. The predicted molar refractivity (Wildman–Crippen MR) is 91.1 cm³/mol. The molecule has 0 saturated carbocycles. The molecule has 0 aliphatic carbocycles. The van der Waals surface area contributed by atoms with Gasteiger partial charge in [0.1, 0.15) is 6.61 Å². The second-order valence-corrected chi connectivity index (χ2v) is 4.50. The van der Waals surface area contributed by atoms with E-state index in [0.29, 0.717) is 6.61 Å². The van der Waals surface area contributed by atoms with Gasteiger partial charge in [0.25, 0.3) is 0 Å². The average Bonchev–Trinajstić information content (AvgIpc) is 2.43. The van der Waals surface area contributed by atoms with Gasteiger partial charge >= 0.3 is 6.18 Å². The lowest BCUT2D eigenvalue weighted by Gasteiger charge is -2.13. The number of ether oxygens (including phenoxy) is 2. The van der Waals surface area contributed by atoms with E-state index in [9.17, 15) is 13.2 Å². The molecule has 0 saturated heterocycles. The van der Waals surface area contributed by atoms with Gasteiger partial charge in [-0.2, -0.15) is 13.2 Å². The maximum absolute atomic E-state index is 12.3. The summed E-state index contributed by atoms with van der Waals surface area (Å²) in [4.78, 5) is 7.59. The predicted octanol–water partition coefficient (Wildman–Crippen LogP) is 2.04. The maximum Gasteiger partial charge on any atom is 0.417 e. The monoisotopic (exact) mass is 448 g/mol. The van der Waals surface area contributed by atoms with Crippen molar-refractivity contribution in [2.24, 2.45) is 10.7 Å². The molecule has 0 aliphatic heterocycles. The SMILES string of the molecule is COCC(C)NC(N)=NCCOc1ccc(C(F)(F)F)cn1.I. The second kappa shape index (κ2) is 10.5. The van der Waals surface area contributed by atoms with E-state index in [1.165, 1.54) is 0 Å². The van der Waals surface area contributed by atoms with Crippen LogP contribution in [-0.4, -0.2) is 43.9 Å². The first kappa shape index (κ1) is 21.7. The topological polar surface area (TPSA) is 81.8 Å². The molecule has 1 heterocycles. The molecule has 0 bridgehead atoms. The van der Waals surface area contributed by atoms with Gasteiger partial charge in [0.2, 0.25) is 5.88 Å². The van der Waals surface area contributed by atoms with E-state index in [1.54, 1.807) is 7.11 Å². The molecule has 1 aromatic heterocycles. The lowest BCUT2D eigenvalue weighted by molar-refractivity contribution is -0.137. The largest absolute Gasteiger partial charge is 0.476 e. The number of halogens is 4. The van der Waals surface area contributed by atoms with Crippen LogP contribution >= 0.6 is 24.0 Å². The van der Waals surface area contributed by atoms with E-state index in [0.717, 1.165) is 18.3 Å². The highest BCUT2D eigenvalue weighted by Crippen LogP contribution is 2.29. The van der Waals surface area contributed by atoms with Crippen molar-refractivity contribution in [1.82, 2.24) is 10.3 Å². The van der Waals surface area contributed by atoms with Crippen molar-refractivity contribution >= 4 is 29.9 Å². The number of methoxy groups -OCH3 is 1. The molecule has 23 heavy (non-hydrogen) atoms. The fourth-order valence-corrected chi connectivity index (χ4v) is 1.54. The molecule has 1 unspecified atom stereocenters. The molecule has 0 aromatic carbocycles. The van der Waals surface area contributed by atoms with E-state index < -0.39 is 11.7 Å². The van der Waals surface area contributed by atoms with Crippen molar-refractivity contribution in [3.05, 3.63) is 23.9 Å². The third-order valence-corrected chi connectivity index (χ3v) is 2.50. The first-order valence-electron chi connectivity index (χ1n) is 6.54. The molecule has 1 atom stereocenters. The number of nitrogens with two attached hydrogens (primary N) is 1. The Morgan fingerprint density at radius 1 is 1.43 bits per heavy atom. The Morgan fingerprint density at radius 2 is 2.13 bits per heavy atom.